The molecule has 0 saturated carbocycles. The average molecular weight is 332 g/mol. The number of rotatable bonds is 2. The zero-order chi connectivity index (χ0) is 13.6. The van der Waals surface area contributed by atoms with Crippen LogP contribution in [0, 0.1) is 0 Å². The third-order valence-electron chi connectivity index (χ3n) is 2.20. The largest absolute Gasteiger partial charge is 0.507 e. The lowest BCUT2D eigenvalue weighted by Gasteiger charge is -2.32. The Morgan fingerprint density at radius 3 is 2.11 bits per heavy atom. The van der Waals surface area contributed by atoms with Gasteiger partial charge in [-0.2, -0.15) is 17.6 Å². The molecule has 0 radical (unpaired) electrons. The van der Waals surface area contributed by atoms with Crippen LogP contribution in [0.3, 0.4) is 0 Å². The van der Waals surface area contributed by atoms with Gasteiger partial charge in [0.15, 0.2) is 11.5 Å². The van der Waals surface area contributed by atoms with Crippen LogP contribution < -0.4 is 15.0 Å². The lowest BCUT2D eigenvalue weighted by Crippen LogP contribution is -2.52. The van der Waals surface area contributed by atoms with Crippen molar-refractivity contribution < 1.29 is 32.2 Å². The molecular formula is C9H6BrF4NO3. The van der Waals surface area contributed by atoms with E-state index in [-0.39, 0.29) is 6.54 Å². The normalized spacial score (nSPS) is 19.7. The Kier molecular flexibility index (Phi) is 3.16. The molecular weight excluding hydrogens is 326 g/mol. The number of hydroxylamine groups is 1. The third-order valence-corrected chi connectivity index (χ3v) is 2.94. The lowest BCUT2D eigenvalue weighted by molar-refractivity contribution is -0.391. The summed E-state index contributed by atoms with van der Waals surface area (Å²) in [4.78, 5) is 0. The Bertz CT molecular complexity index is 483. The molecule has 1 aliphatic rings. The van der Waals surface area contributed by atoms with Crippen molar-refractivity contribution in [3.63, 3.8) is 0 Å². The van der Waals surface area contributed by atoms with Gasteiger partial charge < -0.3 is 14.7 Å². The molecule has 100 valence electrons. The summed E-state index contributed by atoms with van der Waals surface area (Å²) in [5, 5.41) is 8.52. The first-order valence-corrected chi connectivity index (χ1v) is 5.39. The fourth-order valence-electron chi connectivity index (χ4n) is 1.35. The maximum absolute atomic E-state index is 12.9. The minimum absolute atomic E-state index is 0.0841. The molecule has 9 heteroatoms. The van der Waals surface area contributed by atoms with Gasteiger partial charge in [0, 0.05) is 11.0 Å². The Morgan fingerprint density at radius 1 is 1.11 bits per heavy atom. The number of benzene rings is 1. The molecule has 0 spiro atoms. The molecule has 18 heavy (non-hydrogen) atoms. The predicted octanol–water partition coefficient (Wildman–Crippen LogP) is 2.88. The first kappa shape index (κ1) is 13.4. The Hall–Kier alpha value is -1.06. The summed E-state index contributed by atoms with van der Waals surface area (Å²) >= 11 is 3.02. The van der Waals surface area contributed by atoms with Crippen LogP contribution in [-0.2, 0) is 6.54 Å². The summed E-state index contributed by atoms with van der Waals surface area (Å²) in [5.74, 6) is -1.04. The van der Waals surface area contributed by atoms with Gasteiger partial charge in [0.25, 0.3) is 0 Å². The smallest absolute Gasteiger partial charge is 0.421 e. The van der Waals surface area contributed by atoms with E-state index < -0.39 is 23.7 Å². The van der Waals surface area contributed by atoms with Crippen molar-refractivity contribution in [3.05, 3.63) is 22.2 Å². The average Bonchev–Trinajstić information content (AvgIpc) is 2.22. The third kappa shape index (κ3) is 2.13. The quantitative estimate of drug-likeness (QED) is 0.646. The van der Waals surface area contributed by atoms with Crippen molar-refractivity contribution in [1.29, 1.82) is 0 Å². The highest BCUT2D eigenvalue weighted by Crippen LogP contribution is 2.48. The topological polar surface area (TPSA) is 50.7 Å². The first-order chi connectivity index (χ1) is 8.27. The Balaban J connectivity index is 2.44. The van der Waals surface area contributed by atoms with Gasteiger partial charge in [0.05, 0.1) is 0 Å². The molecule has 0 saturated heterocycles. The fraction of sp³-hybridized carbons (Fsp3) is 0.333. The van der Waals surface area contributed by atoms with Crippen molar-refractivity contribution in [3.8, 4) is 11.5 Å². The van der Waals surface area contributed by atoms with Gasteiger partial charge in [-0.3, -0.25) is 0 Å². The molecule has 1 aliphatic heterocycles. The van der Waals surface area contributed by atoms with Crippen molar-refractivity contribution in [2.75, 3.05) is 0 Å². The van der Waals surface area contributed by atoms with Gasteiger partial charge in [-0.15, -0.1) is 0 Å². The second-order valence-corrected chi connectivity index (χ2v) is 4.32. The van der Waals surface area contributed by atoms with Gasteiger partial charge >= 0.3 is 12.2 Å². The van der Waals surface area contributed by atoms with E-state index in [0.29, 0.717) is 10.0 Å². The summed E-state index contributed by atoms with van der Waals surface area (Å²) in [6, 6.07) is 2.12. The molecule has 2 rings (SSSR count). The van der Waals surface area contributed by atoms with Crippen LogP contribution >= 0.6 is 15.9 Å². The minimum atomic E-state index is -4.75. The second-order valence-electron chi connectivity index (χ2n) is 3.46. The number of hydrogen-bond donors (Lipinski definition) is 2. The van der Waals surface area contributed by atoms with Crippen LogP contribution in [0.25, 0.3) is 0 Å². The first-order valence-electron chi connectivity index (χ1n) is 4.60. The molecule has 0 atom stereocenters. The van der Waals surface area contributed by atoms with Crippen molar-refractivity contribution >= 4 is 15.9 Å². The van der Waals surface area contributed by atoms with Crippen molar-refractivity contribution in [1.82, 2.24) is 5.48 Å². The molecule has 0 aliphatic carbocycles. The number of fused-ring (bicyclic) bond motifs is 1. The van der Waals surface area contributed by atoms with Crippen molar-refractivity contribution in [2.45, 2.75) is 18.8 Å². The van der Waals surface area contributed by atoms with E-state index in [9.17, 15) is 17.6 Å². The van der Waals surface area contributed by atoms with Crippen LogP contribution in [0.2, 0.25) is 0 Å². The molecule has 0 aromatic heterocycles. The molecule has 0 unspecified atom stereocenters. The molecule has 4 nitrogen and oxygen atoms in total. The number of hydrogen-bond acceptors (Lipinski definition) is 4. The van der Waals surface area contributed by atoms with E-state index in [1.807, 2.05) is 0 Å². The molecule has 0 bridgehead atoms. The van der Waals surface area contributed by atoms with Gasteiger partial charge in [-0.1, -0.05) is 15.9 Å². The minimum Gasteiger partial charge on any atom is -0.421 e. The van der Waals surface area contributed by atoms with Crippen LogP contribution in [0.5, 0.6) is 11.5 Å². The molecule has 1 aromatic carbocycles. The maximum Gasteiger partial charge on any atom is 0.507 e. The van der Waals surface area contributed by atoms with E-state index in [1.54, 1.807) is 5.48 Å². The second kappa shape index (κ2) is 4.25. The van der Waals surface area contributed by atoms with Gasteiger partial charge in [0.2, 0.25) is 0 Å². The molecule has 2 N–H and O–H groups in total. The number of nitrogens with one attached hydrogen (secondary N) is 1. The van der Waals surface area contributed by atoms with Gasteiger partial charge in [-0.25, -0.2) is 5.48 Å². The summed E-state index contributed by atoms with van der Waals surface area (Å²) < 4.78 is 59.7. The number of ether oxygens (including phenoxy) is 2. The SMILES string of the molecule is ONCc1cc2c(cc1Br)OC(F)(F)C(F)(F)O2. The van der Waals surface area contributed by atoms with E-state index in [2.05, 4.69) is 25.4 Å². The molecule has 0 fully saturated rings. The van der Waals surface area contributed by atoms with Crippen molar-refractivity contribution in [2.24, 2.45) is 0 Å². The molecule has 1 heterocycles. The number of halogens is 5. The maximum atomic E-state index is 12.9. The highest BCUT2D eigenvalue weighted by Gasteiger charge is 2.66. The highest BCUT2D eigenvalue weighted by atomic mass is 79.9. The van der Waals surface area contributed by atoms with Gasteiger partial charge in [-0.05, 0) is 17.7 Å². The zero-order valence-electron chi connectivity index (χ0n) is 8.52. The molecule has 1 aromatic rings. The van der Waals surface area contributed by atoms with Crippen LogP contribution in [0.1, 0.15) is 5.56 Å². The van der Waals surface area contributed by atoms with Gasteiger partial charge in [0.1, 0.15) is 0 Å². The molecule has 0 amide bonds. The van der Waals surface area contributed by atoms with Crippen LogP contribution in [0.15, 0.2) is 16.6 Å². The zero-order valence-corrected chi connectivity index (χ0v) is 10.1. The van der Waals surface area contributed by atoms with Crippen LogP contribution in [0.4, 0.5) is 17.6 Å². The monoisotopic (exact) mass is 331 g/mol. The standard InChI is InChI=1S/C9H6BrF4NO3/c10-5-2-7-6(1-4(5)3-15-16)17-8(11,12)9(13,14)18-7/h1-2,15-16H,3H2. The highest BCUT2D eigenvalue weighted by molar-refractivity contribution is 9.10. The van der Waals surface area contributed by atoms with E-state index in [1.165, 1.54) is 0 Å². The van der Waals surface area contributed by atoms with E-state index in [4.69, 9.17) is 5.21 Å². The Morgan fingerprint density at radius 2 is 1.61 bits per heavy atom. The fourth-order valence-corrected chi connectivity index (χ4v) is 1.81. The number of alkyl halides is 4. The summed E-state index contributed by atoms with van der Waals surface area (Å²) in [5.41, 5.74) is 2.14. The van der Waals surface area contributed by atoms with E-state index in [0.717, 1.165) is 12.1 Å². The van der Waals surface area contributed by atoms with E-state index >= 15 is 0 Å². The summed E-state index contributed by atoms with van der Waals surface area (Å²) in [6.07, 6.45) is -9.49. The Labute approximate surface area is 107 Å². The predicted molar refractivity (Wildman–Crippen MR) is 53.9 cm³/mol. The van der Waals surface area contributed by atoms with Crippen LogP contribution in [-0.4, -0.2) is 17.4 Å². The summed E-state index contributed by atoms with van der Waals surface area (Å²) in [7, 11) is 0. The lowest BCUT2D eigenvalue weighted by atomic mass is 10.2. The summed E-state index contributed by atoms with van der Waals surface area (Å²) in [6.45, 7) is -0.0841.